The Hall–Kier alpha value is -1.88. The van der Waals surface area contributed by atoms with Crippen LogP contribution in [0.15, 0.2) is 18.2 Å². The summed E-state index contributed by atoms with van der Waals surface area (Å²) < 4.78 is 0. The van der Waals surface area contributed by atoms with Crippen molar-refractivity contribution in [3.8, 4) is 0 Å². The monoisotopic (exact) mass is 258 g/mol. The van der Waals surface area contributed by atoms with Crippen molar-refractivity contribution in [2.24, 2.45) is 0 Å². The number of imidazole rings is 1. The summed E-state index contributed by atoms with van der Waals surface area (Å²) in [6.07, 6.45) is 1.01. The second-order valence-corrected chi connectivity index (χ2v) is 4.95. The van der Waals surface area contributed by atoms with E-state index in [1.165, 1.54) is 0 Å². The van der Waals surface area contributed by atoms with Crippen molar-refractivity contribution < 1.29 is 4.79 Å². The Balaban J connectivity index is 1.87. The Labute approximate surface area is 112 Å². The van der Waals surface area contributed by atoms with E-state index in [1.54, 1.807) is 0 Å². The van der Waals surface area contributed by atoms with Crippen molar-refractivity contribution in [3.63, 3.8) is 0 Å². The third-order valence-corrected chi connectivity index (χ3v) is 3.47. The molecule has 1 aromatic heterocycles. The van der Waals surface area contributed by atoms with Gasteiger partial charge in [0, 0.05) is 25.2 Å². The van der Waals surface area contributed by atoms with Crippen molar-refractivity contribution >= 4 is 16.9 Å². The van der Waals surface area contributed by atoms with E-state index >= 15 is 0 Å². The van der Waals surface area contributed by atoms with Gasteiger partial charge in [-0.25, -0.2) is 4.98 Å². The average molecular weight is 258 g/mol. The number of amides is 1. The fraction of sp³-hybridized carbons (Fsp3) is 0.429. The van der Waals surface area contributed by atoms with Crippen molar-refractivity contribution in [3.05, 3.63) is 29.6 Å². The van der Waals surface area contributed by atoms with Crippen LogP contribution in [0.5, 0.6) is 0 Å². The molecule has 0 unspecified atom stereocenters. The zero-order valence-corrected chi connectivity index (χ0v) is 11.1. The van der Waals surface area contributed by atoms with Gasteiger partial charge in [-0.1, -0.05) is 0 Å². The van der Waals surface area contributed by atoms with E-state index in [0.29, 0.717) is 0 Å². The first kappa shape index (κ1) is 12.2. The molecule has 0 aliphatic carbocycles. The summed E-state index contributed by atoms with van der Waals surface area (Å²) in [5.41, 5.74) is 2.57. The topological polar surface area (TPSA) is 61.0 Å². The van der Waals surface area contributed by atoms with Crippen molar-refractivity contribution in [2.75, 3.05) is 26.2 Å². The predicted molar refractivity (Wildman–Crippen MR) is 74.2 cm³/mol. The lowest BCUT2D eigenvalue weighted by Crippen LogP contribution is -2.34. The number of fused-ring (bicyclic) bond motifs is 1. The summed E-state index contributed by atoms with van der Waals surface area (Å²) in [4.78, 5) is 21.9. The summed E-state index contributed by atoms with van der Waals surface area (Å²) in [6, 6.07) is 5.67. The molecule has 1 amide bonds. The van der Waals surface area contributed by atoms with Crippen LogP contribution in [0.4, 0.5) is 0 Å². The number of H-pyrrole nitrogens is 1. The minimum atomic E-state index is 0.109. The molecule has 2 heterocycles. The summed E-state index contributed by atoms with van der Waals surface area (Å²) in [5, 5.41) is 3.31. The van der Waals surface area contributed by atoms with Gasteiger partial charge in [0.2, 0.25) is 0 Å². The van der Waals surface area contributed by atoms with Crippen molar-refractivity contribution in [1.29, 1.82) is 0 Å². The summed E-state index contributed by atoms with van der Waals surface area (Å²) in [5.74, 6) is 0.983. The van der Waals surface area contributed by atoms with Crippen LogP contribution in [0.2, 0.25) is 0 Å². The smallest absolute Gasteiger partial charge is 0.253 e. The number of aryl methyl sites for hydroxylation is 1. The highest BCUT2D eigenvalue weighted by Crippen LogP contribution is 2.15. The standard InChI is InChI=1S/C14H18N4O/c1-10-16-12-4-3-11(9-13(12)17-10)14(19)18-7-2-5-15-6-8-18/h3-4,9,15H,2,5-8H2,1H3,(H,16,17). The van der Waals surface area contributed by atoms with Crippen LogP contribution in [-0.2, 0) is 0 Å². The van der Waals surface area contributed by atoms with Crippen LogP contribution in [-0.4, -0.2) is 47.0 Å². The number of nitrogens with zero attached hydrogens (tertiary/aromatic N) is 2. The molecule has 1 saturated heterocycles. The molecule has 1 fully saturated rings. The number of rotatable bonds is 1. The zero-order chi connectivity index (χ0) is 13.2. The molecule has 0 radical (unpaired) electrons. The highest BCUT2D eigenvalue weighted by atomic mass is 16.2. The largest absolute Gasteiger partial charge is 0.342 e. The lowest BCUT2D eigenvalue weighted by molar-refractivity contribution is 0.0766. The first-order chi connectivity index (χ1) is 9.24. The van der Waals surface area contributed by atoms with Gasteiger partial charge in [0.1, 0.15) is 5.82 Å². The van der Waals surface area contributed by atoms with Crippen LogP contribution in [0.25, 0.3) is 11.0 Å². The predicted octanol–water partition coefficient (Wildman–Crippen LogP) is 1.31. The first-order valence-electron chi connectivity index (χ1n) is 6.70. The highest BCUT2D eigenvalue weighted by Gasteiger charge is 2.17. The third kappa shape index (κ3) is 2.46. The molecule has 5 nitrogen and oxygen atoms in total. The molecule has 100 valence electrons. The molecular formula is C14H18N4O. The number of aromatic amines is 1. The van der Waals surface area contributed by atoms with Gasteiger partial charge >= 0.3 is 0 Å². The van der Waals surface area contributed by atoms with Gasteiger partial charge in [0.25, 0.3) is 5.91 Å². The zero-order valence-electron chi connectivity index (χ0n) is 11.1. The van der Waals surface area contributed by atoms with Crippen LogP contribution < -0.4 is 5.32 Å². The molecule has 3 rings (SSSR count). The van der Waals surface area contributed by atoms with E-state index in [0.717, 1.165) is 55.0 Å². The number of hydrogen-bond acceptors (Lipinski definition) is 3. The van der Waals surface area contributed by atoms with Gasteiger partial charge < -0.3 is 15.2 Å². The quantitative estimate of drug-likeness (QED) is 0.810. The second kappa shape index (κ2) is 5.01. The Morgan fingerprint density at radius 1 is 1.32 bits per heavy atom. The lowest BCUT2D eigenvalue weighted by atomic mass is 10.1. The van der Waals surface area contributed by atoms with Crippen LogP contribution >= 0.6 is 0 Å². The van der Waals surface area contributed by atoms with Crippen LogP contribution in [0, 0.1) is 6.92 Å². The Bertz CT molecular complexity index is 597. The number of carbonyl (C=O) groups is 1. The maximum Gasteiger partial charge on any atom is 0.253 e. The van der Waals surface area contributed by atoms with Gasteiger partial charge in [0.05, 0.1) is 11.0 Å². The SMILES string of the molecule is Cc1nc2ccc(C(=O)N3CCCNCC3)cc2[nH]1. The highest BCUT2D eigenvalue weighted by molar-refractivity contribution is 5.97. The molecule has 0 bridgehead atoms. The molecular weight excluding hydrogens is 240 g/mol. The lowest BCUT2D eigenvalue weighted by Gasteiger charge is -2.19. The van der Waals surface area contributed by atoms with Gasteiger partial charge in [-0.2, -0.15) is 0 Å². The molecule has 1 aliphatic heterocycles. The maximum absolute atomic E-state index is 12.5. The van der Waals surface area contributed by atoms with E-state index in [-0.39, 0.29) is 5.91 Å². The fourth-order valence-corrected chi connectivity index (χ4v) is 2.50. The molecule has 19 heavy (non-hydrogen) atoms. The number of carbonyl (C=O) groups excluding carboxylic acids is 1. The Morgan fingerprint density at radius 3 is 3.11 bits per heavy atom. The van der Waals surface area contributed by atoms with Crippen molar-refractivity contribution in [1.82, 2.24) is 20.2 Å². The normalized spacial score (nSPS) is 16.6. The summed E-state index contributed by atoms with van der Waals surface area (Å²) in [6.45, 7) is 5.38. The van der Waals surface area contributed by atoms with Crippen molar-refractivity contribution in [2.45, 2.75) is 13.3 Å². The van der Waals surface area contributed by atoms with Gasteiger partial charge in [-0.3, -0.25) is 4.79 Å². The minimum absolute atomic E-state index is 0.109. The van der Waals surface area contributed by atoms with Gasteiger partial charge in [-0.15, -0.1) is 0 Å². The van der Waals surface area contributed by atoms with E-state index < -0.39 is 0 Å². The Kier molecular flexibility index (Phi) is 3.21. The fourth-order valence-electron chi connectivity index (χ4n) is 2.50. The van der Waals surface area contributed by atoms with E-state index in [4.69, 9.17) is 0 Å². The first-order valence-corrected chi connectivity index (χ1v) is 6.70. The molecule has 2 aromatic rings. The maximum atomic E-state index is 12.5. The van der Waals surface area contributed by atoms with E-state index in [2.05, 4.69) is 15.3 Å². The molecule has 0 saturated carbocycles. The number of hydrogen-bond donors (Lipinski definition) is 2. The summed E-state index contributed by atoms with van der Waals surface area (Å²) in [7, 11) is 0. The molecule has 1 aliphatic rings. The average Bonchev–Trinajstić information content (AvgIpc) is 2.63. The molecule has 0 spiro atoms. The molecule has 2 N–H and O–H groups in total. The van der Waals surface area contributed by atoms with Crippen LogP contribution in [0.1, 0.15) is 22.6 Å². The van der Waals surface area contributed by atoms with Gasteiger partial charge in [-0.05, 0) is 38.1 Å². The van der Waals surface area contributed by atoms with E-state index in [9.17, 15) is 4.79 Å². The Morgan fingerprint density at radius 2 is 2.21 bits per heavy atom. The van der Waals surface area contributed by atoms with Gasteiger partial charge in [0.15, 0.2) is 0 Å². The molecule has 5 heteroatoms. The number of aromatic nitrogens is 2. The number of benzene rings is 1. The summed E-state index contributed by atoms with van der Waals surface area (Å²) >= 11 is 0. The third-order valence-electron chi connectivity index (χ3n) is 3.47. The number of nitrogens with one attached hydrogen (secondary N) is 2. The van der Waals surface area contributed by atoms with Crippen LogP contribution in [0.3, 0.4) is 0 Å². The molecule has 1 aromatic carbocycles. The minimum Gasteiger partial charge on any atom is -0.342 e. The second-order valence-electron chi connectivity index (χ2n) is 4.95. The molecule has 0 atom stereocenters. The van der Waals surface area contributed by atoms with E-state index in [1.807, 2.05) is 30.0 Å².